The number of nitrogens with zero attached hydrogens (tertiary/aromatic N) is 4. The molecule has 0 aromatic carbocycles. The Morgan fingerprint density at radius 3 is 2.28 bits per heavy atom. The third-order valence-corrected chi connectivity index (χ3v) is 4.90. The van der Waals surface area contributed by atoms with Gasteiger partial charge in [0.1, 0.15) is 0 Å². The van der Waals surface area contributed by atoms with Gasteiger partial charge in [-0.1, -0.05) is 6.92 Å². The molecule has 2 fully saturated rings. The molecule has 2 heterocycles. The maximum Gasteiger partial charge on any atom is 0.409 e. The maximum absolute atomic E-state index is 11.7. The van der Waals surface area contributed by atoms with E-state index in [2.05, 4.69) is 27.0 Å². The molecule has 0 aliphatic carbocycles. The molecular weight excluding hydrogens is 433 g/mol. The monoisotopic (exact) mass is 467 g/mol. The highest BCUT2D eigenvalue weighted by atomic mass is 127. The fraction of sp³-hybridized carbons (Fsp3) is 0.882. The minimum absolute atomic E-state index is 0. The minimum Gasteiger partial charge on any atom is -0.450 e. The molecule has 0 spiro atoms. The molecule has 8 heteroatoms. The average Bonchev–Trinajstić information content (AvgIpc) is 2.61. The van der Waals surface area contributed by atoms with Crippen molar-refractivity contribution < 1.29 is 9.53 Å². The van der Waals surface area contributed by atoms with Crippen LogP contribution >= 0.6 is 24.0 Å². The standard InChI is InChI=1S/C17H33N5O2.HI/c1-4-24-17(23)22-13-11-21(12-14-22)16(18-3)19-7-10-20-8-5-15(2)6-9-20;/h15H,4-14H2,1-3H3,(H,18,19);1H. The van der Waals surface area contributed by atoms with Gasteiger partial charge in [-0.25, -0.2) is 4.79 Å². The molecule has 2 rings (SSSR count). The van der Waals surface area contributed by atoms with Crippen LogP contribution in [0.3, 0.4) is 0 Å². The third kappa shape index (κ3) is 7.16. The van der Waals surface area contributed by atoms with E-state index in [1.807, 2.05) is 14.0 Å². The normalized spacial score (nSPS) is 20.2. The number of hydrogen-bond donors (Lipinski definition) is 1. The van der Waals surface area contributed by atoms with Crippen molar-refractivity contribution in [1.82, 2.24) is 20.0 Å². The van der Waals surface area contributed by atoms with E-state index in [0.717, 1.165) is 38.1 Å². The van der Waals surface area contributed by atoms with Crippen molar-refractivity contribution in [2.75, 3.05) is 66.0 Å². The Morgan fingerprint density at radius 1 is 1.12 bits per heavy atom. The number of carbonyl (C=O) groups excluding carboxylic acids is 1. The van der Waals surface area contributed by atoms with Crippen LogP contribution in [-0.4, -0.2) is 92.8 Å². The SMILES string of the molecule is CCOC(=O)N1CCN(C(=NC)NCCN2CCC(C)CC2)CC1.I. The zero-order valence-corrected chi connectivity index (χ0v) is 18.2. The molecule has 0 saturated carbocycles. The summed E-state index contributed by atoms with van der Waals surface area (Å²) in [4.78, 5) is 22.6. The first-order valence-corrected chi connectivity index (χ1v) is 9.23. The predicted octanol–water partition coefficient (Wildman–Crippen LogP) is 1.69. The number of rotatable bonds is 4. The molecule has 0 unspecified atom stereocenters. The molecule has 1 N–H and O–H groups in total. The second-order valence-electron chi connectivity index (χ2n) is 6.67. The summed E-state index contributed by atoms with van der Waals surface area (Å²) in [7, 11) is 1.82. The van der Waals surface area contributed by atoms with Crippen LogP contribution in [0.4, 0.5) is 4.79 Å². The van der Waals surface area contributed by atoms with Gasteiger partial charge in [0.25, 0.3) is 0 Å². The molecule has 2 saturated heterocycles. The summed E-state index contributed by atoms with van der Waals surface area (Å²) < 4.78 is 5.06. The molecule has 1 amide bonds. The van der Waals surface area contributed by atoms with E-state index in [-0.39, 0.29) is 30.1 Å². The average molecular weight is 467 g/mol. The molecule has 2 aliphatic rings. The lowest BCUT2D eigenvalue weighted by Crippen LogP contribution is -2.54. The highest BCUT2D eigenvalue weighted by Crippen LogP contribution is 2.15. The van der Waals surface area contributed by atoms with E-state index in [4.69, 9.17) is 4.74 Å². The van der Waals surface area contributed by atoms with Crippen LogP contribution in [0.1, 0.15) is 26.7 Å². The van der Waals surface area contributed by atoms with Gasteiger partial charge >= 0.3 is 6.09 Å². The lowest BCUT2D eigenvalue weighted by molar-refractivity contribution is 0.0914. The molecule has 7 nitrogen and oxygen atoms in total. The Labute approximate surface area is 169 Å². The number of carbonyl (C=O) groups is 1. The van der Waals surface area contributed by atoms with Crippen molar-refractivity contribution >= 4 is 36.0 Å². The summed E-state index contributed by atoms with van der Waals surface area (Å²) in [5.41, 5.74) is 0. The fourth-order valence-electron chi connectivity index (χ4n) is 3.26. The first-order chi connectivity index (χ1) is 11.6. The van der Waals surface area contributed by atoms with Crippen LogP contribution in [0.25, 0.3) is 0 Å². The molecule has 0 radical (unpaired) electrons. The van der Waals surface area contributed by atoms with E-state index >= 15 is 0 Å². The third-order valence-electron chi connectivity index (χ3n) is 4.90. The molecule has 25 heavy (non-hydrogen) atoms. The lowest BCUT2D eigenvalue weighted by atomic mass is 9.99. The van der Waals surface area contributed by atoms with Crippen LogP contribution < -0.4 is 5.32 Å². The van der Waals surface area contributed by atoms with Crippen molar-refractivity contribution in [1.29, 1.82) is 0 Å². The maximum atomic E-state index is 11.7. The summed E-state index contributed by atoms with van der Waals surface area (Å²) >= 11 is 0. The Morgan fingerprint density at radius 2 is 1.72 bits per heavy atom. The Hall–Kier alpha value is -0.770. The van der Waals surface area contributed by atoms with Crippen molar-refractivity contribution in [2.24, 2.45) is 10.9 Å². The molecule has 0 aromatic rings. The predicted molar refractivity (Wildman–Crippen MR) is 112 cm³/mol. The molecule has 0 bridgehead atoms. The Kier molecular flexibility index (Phi) is 10.5. The van der Waals surface area contributed by atoms with Crippen molar-refractivity contribution in [2.45, 2.75) is 26.7 Å². The second-order valence-corrected chi connectivity index (χ2v) is 6.67. The highest BCUT2D eigenvalue weighted by molar-refractivity contribution is 14.0. The van der Waals surface area contributed by atoms with Crippen molar-refractivity contribution in [3.8, 4) is 0 Å². The van der Waals surface area contributed by atoms with Crippen LogP contribution in [0.5, 0.6) is 0 Å². The number of hydrogen-bond acceptors (Lipinski definition) is 4. The zero-order valence-electron chi connectivity index (χ0n) is 15.9. The number of ether oxygens (including phenoxy) is 1. The van der Waals surface area contributed by atoms with Gasteiger partial charge in [0.2, 0.25) is 0 Å². The molecule has 0 aromatic heterocycles. The number of halogens is 1. The molecule has 2 aliphatic heterocycles. The number of guanidine groups is 1. The number of piperidine rings is 1. The van der Waals surface area contributed by atoms with Crippen molar-refractivity contribution in [3.63, 3.8) is 0 Å². The quantitative estimate of drug-likeness (QED) is 0.388. The van der Waals surface area contributed by atoms with Gasteiger partial charge in [-0.2, -0.15) is 0 Å². The molecule has 0 atom stereocenters. The first kappa shape index (κ1) is 22.3. The van der Waals surface area contributed by atoms with Gasteiger partial charge < -0.3 is 24.8 Å². The summed E-state index contributed by atoms with van der Waals surface area (Å²) in [5, 5.41) is 3.47. The largest absolute Gasteiger partial charge is 0.450 e. The summed E-state index contributed by atoms with van der Waals surface area (Å²) in [6.45, 7) is 12.0. The topological polar surface area (TPSA) is 60.4 Å². The number of amides is 1. The minimum atomic E-state index is -0.209. The summed E-state index contributed by atoms with van der Waals surface area (Å²) in [5.74, 6) is 1.81. The number of aliphatic imine (C=N–C) groups is 1. The Balaban J connectivity index is 0.00000312. The van der Waals surface area contributed by atoms with Crippen LogP contribution in [0.15, 0.2) is 4.99 Å². The van der Waals surface area contributed by atoms with E-state index in [1.165, 1.54) is 25.9 Å². The molecule has 146 valence electrons. The number of nitrogens with one attached hydrogen (secondary N) is 1. The van der Waals surface area contributed by atoms with E-state index in [0.29, 0.717) is 19.7 Å². The smallest absolute Gasteiger partial charge is 0.409 e. The van der Waals surface area contributed by atoms with Gasteiger partial charge in [-0.15, -0.1) is 24.0 Å². The Bertz CT molecular complexity index is 419. The van der Waals surface area contributed by atoms with Gasteiger partial charge in [0, 0.05) is 46.3 Å². The van der Waals surface area contributed by atoms with Gasteiger partial charge in [-0.3, -0.25) is 4.99 Å². The van der Waals surface area contributed by atoms with E-state index in [1.54, 1.807) is 4.90 Å². The van der Waals surface area contributed by atoms with Crippen LogP contribution in [0, 0.1) is 5.92 Å². The second kappa shape index (κ2) is 11.8. The van der Waals surface area contributed by atoms with Gasteiger partial charge in [0.15, 0.2) is 5.96 Å². The summed E-state index contributed by atoms with van der Waals surface area (Å²) in [6.07, 6.45) is 2.41. The van der Waals surface area contributed by atoms with Gasteiger partial charge in [0.05, 0.1) is 6.61 Å². The fourth-order valence-corrected chi connectivity index (χ4v) is 3.26. The van der Waals surface area contributed by atoms with Gasteiger partial charge in [-0.05, 0) is 38.8 Å². The highest BCUT2D eigenvalue weighted by Gasteiger charge is 2.23. The van der Waals surface area contributed by atoms with E-state index < -0.39 is 0 Å². The zero-order chi connectivity index (χ0) is 17.4. The summed E-state index contributed by atoms with van der Waals surface area (Å²) in [6, 6.07) is 0. The van der Waals surface area contributed by atoms with Crippen LogP contribution in [0.2, 0.25) is 0 Å². The lowest BCUT2D eigenvalue weighted by Gasteiger charge is -2.36. The van der Waals surface area contributed by atoms with Crippen molar-refractivity contribution in [3.05, 3.63) is 0 Å². The number of piperazine rings is 1. The first-order valence-electron chi connectivity index (χ1n) is 9.23. The van der Waals surface area contributed by atoms with Crippen LogP contribution in [-0.2, 0) is 4.74 Å². The molecular formula is C17H34IN5O2. The van der Waals surface area contributed by atoms with E-state index in [9.17, 15) is 4.79 Å². The number of likely N-dealkylation sites (tertiary alicyclic amines) is 1.